The van der Waals surface area contributed by atoms with Crippen LogP contribution in [0.25, 0.3) is 0 Å². The smallest absolute Gasteiger partial charge is 0.331 e. The molecule has 0 aromatic carbocycles. The molecule has 0 heterocycles. The maximum Gasteiger partial charge on any atom is 0.437 e. The summed E-state index contributed by atoms with van der Waals surface area (Å²) in [7, 11) is 1.14. The second-order valence-electron chi connectivity index (χ2n) is 3.58. The largest absolute Gasteiger partial charge is 0.437 e. The first-order valence-corrected chi connectivity index (χ1v) is 4.91. The fraction of sp³-hybridized carbons (Fsp3) is 1.00. The van der Waals surface area contributed by atoms with Crippen molar-refractivity contribution in [2.75, 3.05) is 34.3 Å². The van der Waals surface area contributed by atoms with E-state index < -0.39 is 10.5 Å². The van der Waals surface area contributed by atoms with Gasteiger partial charge in [0.25, 0.3) is 0 Å². The van der Waals surface area contributed by atoms with Crippen LogP contribution < -0.4 is 0 Å². The molecule has 0 amide bonds. The van der Waals surface area contributed by atoms with Crippen LogP contribution in [0.3, 0.4) is 0 Å². The van der Waals surface area contributed by atoms with Crippen LogP contribution in [-0.4, -0.2) is 47.2 Å². The van der Waals surface area contributed by atoms with E-state index in [2.05, 4.69) is 4.18 Å². The summed E-state index contributed by atoms with van der Waals surface area (Å²) in [6.07, 6.45) is 0.520. The molecule has 74 valence electrons. The minimum atomic E-state index is -4.75. The standard InChI is InChI=1S/C6H15FNO3S/c1-8(2,3)5-4-6-11-12(7,9)10/h4-6H2,1-3H3/q+1. The molecule has 0 radical (unpaired) electrons. The van der Waals surface area contributed by atoms with Gasteiger partial charge in [-0.25, -0.2) is 4.18 Å². The van der Waals surface area contributed by atoms with E-state index in [1.165, 1.54) is 0 Å². The predicted octanol–water partition coefficient (Wildman–Crippen LogP) is 0.314. The Morgan fingerprint density at radius 1 is 1.33 bits per heavy atom. The third-order valence-corrected chi connectivity index (χ3v) is 1.65. The summed E-state index contributed by atoms with van der Waals surface area (Å²) >= 11 is 0. The quantitative estimate of drug-likeness (QED) is 0.364. The maximum absolute atomic E-state index is 11.8. The third-order valence-electron chi connectivity index (χ3n) is 1.20. The van der Waals surface area contributed by atoms with Crippen molar-refractivity contribution in [3.63, 3.8) is 0 Å². The van der Waals surface area contributed by atoms with E-state index in [9.17, 15) is 12.3 Å². The molecule has 12 heavy (non-hydrogen) atoms. The topological polar surface area (TPSA) is 43.4 Å². The zero-order valence-electron chi connectivity index (χ0n) is 7.58. The maximum atomic E-state index is 11.8. The average Bonchev–Trinajstić information content (AvgIpc) is 1.76. The normalized spacial score (nSPS) is 13.3. The molecule has 6 heteroatoms. The van der Waals surface area contributed by atoms with E-state index in [0.29, 0.717) is 10.9 Å². The lowest BCUT2D eigenvalue weighted by Gasteiger charge is -2.23. The van der Waals surface area contributed by atoms with Crippen LogP contribution in [-0.2, 0) is 14.7 Å². The first-order valence-electron chi connectivity index (χ1n) is 3.60. The lowest BCUT2D eigenvalue weighted by molar-refractivity contribution is -0.870. The summed E-state index contributed by atoms with van der Waals surface area (Å²) in [4.78, 5) is 0. The van der Waals surface area contributed by atoms with Crippen molar-refractivity contribution in [3.8, 4) is 0 Å². The van der Waals surface area contributed by atoms with E-state index in [1.54, 1.807) is 0 Å². The summed E-state index contributed by atoms with van der Waals surface area (Å²) in [5, 5.41) is 0. The number of rotatable bonds is 5. The SMILES string of the molecule is C[N+](C)(C)CCCOS(=O)(=O)F. The Labute approximate surface area is 72.9 Å². The van der Waals surface area contributed by atoms with Gasteiger partial charge in [-0.2, -0.15) is 8.42 Å². The minimum Gasteiger partial charge on any atom is -0.331 e. The molecule has 0 aromatic heterocycles. The van der Waals surface area contributed by atoms with Gasteiger partial charge in [0, 0.05) is 6.42 Å². The van der Waals surface area contributed by atoms with Gasteiger partial charge in [0.1, 0.15) is 0 Å². The van der Waals surface area contributed by atoms with Gasteiger partial charge in [0.2, 0.25) is 0 Å². The number of hydrogen-bond donors (Lipinski definition) is 0. The molecule has 0 fully saturated rings. The third kappa shape index (κ3) is 9.80. The van der Waals surface area contributed by atoms with Crippen molar-refractivity contribution in [3.05, 3.63) is 0 Å². The van der Waals surface area contributed by atoms with Gasteiger partial charge in [-0.3, -0.25) is 0 Å². The highest BCUT2D eigenvalue weighted by atomic mass is 32.3. The molecule has 0 unspecified atom stereocenters. The molecule has 0 saturated carbocycles. The molecule has 0 rings (SSSR count). The molecule has 0 bridgehead atoms. The summed E-state index contributed by atoms with van der Waals surface area (Å²) in [6, 6.07) is 0. The van der Waals surface area contributed by atoms with Gasteiger partial charge in [0.15, 0.2) is 0 Å². The molecule has 0 aliphatic carbocycles. The Kier molecular flexibility index (Phi) is 4.09. The molecule has 0 saturated heterocycles. The predicted molar refractivity (Wildman–Crippen MR) is 43.5 cm³/mol. The lowest BCUT2D eigenvalue weighted by Crippen LogP contribution is -2.35. The first-order chi connectivity index (χ1) is 5.21. The van der Waals surface area contributed by atoms with Crippen molar-refractivity contribution in [1.29, 1.82) is 0 Å². The highest BCUT2D eigenvalue weighted by Gasteiger charge is 2.09. The van der Waals surface area contributed by atoms with Crippen molar-refractivity contribution in [2.45, 2.75) is 6.42 Å². The van der Waals surface area contributed by atoms with Crippen LogP contribution in [0.2, 0.25) is 0 Å². The molecular weight excluding hydrogens is 185 g/mol. The number of nitrogens with zero attached hydrogens (tertiary/aromatic N) is 1. The molecule has 0 aromatic rings. The van der Waals surface area contributed by atoms with Gasteiger partial charge in [-0.05, 0) is 0 Å². The number of quaternary nitrogens is 1. The molecule has 4 nitrogen and oxygen atoms in total. The Morgan fingerprint density at radius 2 is 1.83 bits per heavy atom. The van der Waals surface area contributed by atoms with Crippen molar-refractivity contribution < 1.29 is 21.0 Å². The Balaban J connectivity index is 3.48. The molecule has 0 atom stereocenters. The van der Waals surface area contributed by atoms with Crippen molar-refractivity contribution >= 4 is 10.5 Å². The monoisotopic (exact) mass is 200 g/mol. The minimum absolute atomic E-state index is 0.0889. The zero-order valence-corrected chi connectivity index (χ0v) is 8.40. The number of hydrogen-bond acceptors (Lipinski definition) is 3. The summed E-state index contributed by atoms with van der Waals surface area (Å²) < 4.78 is 36.1. The molecule has 0 aliphatic rings. The average molecular weight is 200 g/mol. The number of halogens is 1. The fourth-order valence-corrected chi connectivity index (χ4v) is 1.01. The molecule has 0 aliphatic heterocycles. The van der Waals surface area contributed by atoms with Gasteiger partial charge in [-0.1, -0.05) is 3.89 Å². The van der Waals surface area contributed by atoms with E-state index in [0.717, 1.165) is 6.54 Å². The lowest BCUT2D eigenvalue weighted by atomic mass is 10.4. The van der Waals surface area contributed by atoms with Crippen LogP contribution in [0, 0.1) is 0 Å². The molecule has 0 N–H and O–H groups in total. The highest BCUT2D eigenvalue weighted by Crippen LogP contribution is 1.98. The summed E-state index contributed by atoms with van der Waals surface area (Å²) in [5.74, 6) is 0. The fourth-order valence-electron chi connectivity index (χ4n) is 0.697. The van der Waals surface area contributed by atoms with Gasteiger partial charge >= 0.3 is 10.5 Å². The van der Waals surface area contributed by atoms with Crippen LogP contribution in [0.1, 0.15) is 6.42 Å². The Morgan fingerprint density at radius 3 is 2.17 bits per heavy atom. The highest BCUT2D eigenvalue weighted by molar-refractivity contribution is 7.81. The van der Waals surface area contributed by atoms with Crippen LogP contribution in [0.5, 0.6) is 0 Å². The molecule has 0 spiro atoms. The molecular formula is C6H15FNO3S+. The Hall–Kier alpha value is -0.200. The van der Waals surface area contributed by atoms with Crippen LogP contribution >= 0.6 is 0 Å². The van der Waals surface area contributed by atoms with E-state index in [-0.39, 0.29) is 6.61 Å². The van der Waals surface area contributed by atoms with Crippen molar-refractivity contribution in [2.24, 2.45) is 0 Å². The van der Waals surface area contributed by atoms with E-state index in [4.69, 9.17) is 0 Å². The summed E-state index contributed by atoms with van der Waals surface area (Å²) in [6.45, 7) is 0.657. The van der Waals surface area contributed by atoms with E-state index >= 15 is 0 Å². The zero-order chi connectivity index (χ0) is 9.83. The van der Waals surface area contributed by atoms with Gasteiger partial charge in [-0.15, -0.1) is 0 Å². The van der Waals surface area contributed by atoms with E-state index in [1.807, 2.05) is 21.1 Å². The van der Waals surface area contributed by atoms with Crippen LogP contribution in [0.4, 0.5) is 3.89 Å². The van der Waals surface area contributed by atoms with Gasteiger partial charge < -0.3 is 4.48 Å². The summed E-state index contributed by atoms with van der Waals surface area (Å²) in [5.41, 5.74) is 0. The van der Waals surface area contributed by atoms with Crippen LogP contribution in [0.15, 0.2) is 0 Å². The Bertz CT molecular complexity index is 219. The van der Waals surface area contributed by atoms with Crippen molar-refractivity contribution in [1.82, 2.24) is 0 Å². The second-order valence-corrected chi connectivity index (χ2v) is 4.60. The first kappa shape index (κ1) is 11.8. The second kappa shape index (κ2) is 4.15. The van der Waals surface area contributed by atoms with Gasteiger partial charge in [0.05, 0.1) is 34.3 Å².